The van der Waals surface area contributed by atoms with Gasteiger partial charge in [-0.2, -0.15) is 0 Å². The molecule has 1 aromatic rings. The van der Waals surface area contributed by atoms with E-state index in [4.69, 9.17) is 10.5 Å². The van der Waals surface area contributed by atoms with Gasteiger partial charge in [-0.3, -0.25) is 19.5 Å². The van der Waals surface area contributed by atoms with Crippen molar-refractivity contribution in [1.82, 2.24) is 0 Å². The third-order valence-corrected chi connectivity index (χ3v) is 5.40. The minimum absolute atomic E-state index is 0.241. The Labute approximate surface area is 142 Å². The summed E-state index contributed by atoms with van der Waals surface area (Å²) in [5.74, 6) is -3.89. The van der Waals surface area contributed by atoms with Crippen molar-refractivity contribution in [2.45, 2.75) is 18.3 Å². The molecule has 0 aliphatic carbocycles. The predicted octanol–water partition coefficient (Wildman–Crippen LogP) is 0.461. The highest BCUT2D eigenvalue weighted by atomic mass is 31.2. The molecule has 1 rings (SSSR count). The largest absolute Gasteiger partial charge is 0.500 e. The second-order valence-corrected chi connectivity index (χ2v) is 7.57. The summed E-state index contributed by atoms with van der Waals surface area (Å²) in [6.07, 6.45) is -0.768. The van der Waals surface area contributed by atoms with Gasteiger partial charge in [0.15, 0.2) is 11.6 Å². The number of aliphatic hydroxyl groups excluding tert-OH is 1. The van der Waals surface area contributed by atoms with Crippen LogP contribution in [-0.2, 0) is 14.1 Å². The second-order valence-electron chi connectivity index (χ2n) is 5.12. The summed E-state index contributed by atoms with van der Waals surface area (Å²) in [7, 11) is -2.06. The average molecular weight is 378 g/mol. The van der Waals surface area contributed by atoms with Crippen LogP contribution in [0, 0.1) is 10.1 Å². The van der Waals surface area contributed by atoms with Crippen molar-refractivity contribution < 1.29 is 38.9 Å². The second kappa shape index (κ2) is 8.26. The number of nitrogens with zero attached hydrogens (tertiary/aromatic N) is 1. The molecule has 140 valence electrons. The lowest BCUT2D eigenvalue weighted by atomic mass is 10.2. The number of nitrogens with two attached hydrogens (primary N) is 1. The van der Waals surface area contributed by atoms with Crippen molar-refractivity contribution in [2.75, 3.05) is 20.4 Å². The summed E-state index contributed by atoms with van der Waals surface area (Å²) in [5.41, 5.74) is 4.39. The van der Waals surface area contributed by atoms with Gasteiger partial charge in [-0.15, -0.1) is 0 Å². The number of esters is 1. The van der Waals surface area contributed by atoms with Crippen molar-refractivity contribution in [3.8, 4) is 11.5 Å². The number of phenolic OH excluding ortho intramolecular Hbond substituents is 1. The van der Waals surface area contributed by atoms with Gasteiger partial charge in [-0.1, -0.05) is 0 Å². The summed E-state index contributed by atoms with van der Waals surface area (Å²) >= 11 is 0. The summed E-state index contributed by atoms with van der Waals surface area (Å²) < 4.78 is 21.5. The Balaban J connectivity index is 3.10. The number of aliphatic hydroxyl groups is 1. The first kappa shape index (κ1) is 20.8. The van der Waals surface area contributed by atoms with Crippen molar-refractivity contribution in [1.29, 1.82) is 0 Å². The van der Waals surface area contributed by atoms with Crippen LogP contribution in [0.25, 0.3) is 0 Å². The molecule has 12 heteroatoms. The molecule has 0 radical (unpaired) electrons. The molecule has 11 nitrogen and oxygen atoms in total. The molecule has 0 fully saturated rings. The zero-order valence-electron chi connectivity index (χ0n) is 13.5. The van der Waals surface area contributed by atoms with Crippen molar-refractivity contribution in [2.24, 2.45) is 5.73 Å². The Morgan fingerprint density at radius 1 is 1.44 bits per heavy atom. The number of methoxy groups -OCH3 is 2. The van der Waals surface area contributed by atoms with Crippen molar-refractivity contribution >= 4 is 19.0 Å². The molecule has 1 aromatic carbocycles. The van der Waals surface area contributed by atoms with E-state index in [0.717, 1.165) is 26.4 Å². The number of benzene rings is 1. The first-order valence-electron chi connectivity index (χ1n) is 6.93. The van der Waals surface area contributed by atoms with E-state index in [1.165, 1.54) is 0 Å². The summed E-state index contributed by atoms with van der Waals surface area (Å²) in [5, 5.41) is 30.8. The highest BCUT2D eigenvalue weighted by molar-refractivity contribution is 7.58. The monoisotopic (exact) mass is 378 g/mol. The molecule has 0 bridgehead atoms. The molecule has 25 heavy (non-hydrogen) atoms. The van der Waals surface area contributed by atoms with E-state index in [1.807, 2.05) is 0 Å². The summed E-state index contributed by atoms with van der Waals surface area (Å²) in [4.78, 5) is 31.3. The van der Waals surface area contributed by atoms with Crippen LogP contribution in [-0.4, -0.2) is 52.4 Å². The van der Waals surface area contributed by atoms with Crippen LogP contribution in [0.2, 0.25) is 0 Å². The standard InChI is InChI=1S/C13H19N2O9P/c1-23-10-6-7(5-9(11(10)16)15(19)20)13(18)25(21,22)4-3-8(14)12(17)24-2/h5-6,8,13,16,18H,3-4,14H2,1-2H3,(H,21,22)/t8-,13?/m0/s1. The van der Waals surface area contributed by atoms with E-state index in [9.17, 15) is 34.6 Å². The molecule has 0 spiro atoms. The highest BCUT2D eigenvalue weighted by Crippen LogP contribution is 2.56. The molecule has 0 aliphatic rings. The normalized spacial score (nSPS) is 15.7. The lowest BCUT2D eigenvalue weighted by molar-refractivity contribution is -0.386. The van der Waals surface area contributed by atoms with Crippen LogP contribution >= 0.6 is 7.37 Å². The smallest absolute Gasteiger partial charge is 0.322 e. The van der Waals surface area contributed by atoms with E-state index in [1.54, 1.807) is 0 Å². The van der Waals surface area contributed by atoms with Gasteiger partial charge in [0.1, 0.15) is 6.04 Å². The Bertz CT molecular complexity index is 709. The minimum Gasteiger partial charge on any atom is -0.500 e. The predicted molar refractivity (Wildman–Crippen MR) is 85.6 cm³/mol. The van der Waals surface area contributed by atoms with E-state index in [0.29, 0.717) is 0 Å². The zero-order valence-corrected chi connectivity index (χ0v) is 14.4. The number of carbonyl (C=O) groups is 1. The molecule has 2 unspecified atom stereocenters. The number of rotatable bonds is 8. The van der Waals surface area contributed by atoms with Crippen LogP contribution in [0.5, 0.6) is 11.5 Å². The third-order valence-electron chi connectivity index (χ3n) is 3.44. The first-order valence-corrected chi connectivity index (χ1v) is 8.84. The van der Waals surface area contributed by atoms with Gasteiger partial charge >= 0.3 is 11.7 Å². The third kappa shape index (κ3) is 4.89. The Morgan fingerprint density at radius 2 is 2.04 bits per heavy atom. The Kier molecular flexibility index (Phi) is 6.88. The number of carbonyl (C=O) groups excluding carboxylic acids is 1. The lowest BCUT2D eigenvalue weighted by Gasteiger charge is -2.20. The lowest BCUT2D eigenvalue weighted by Crippen LogP contribution is -2.32. The fourth-order valence-electron chi connectivity index (χ4n) is 2.01. The number of ether oxygens (including phenoxy) is 2. The Morgan fingerprint density at radius 3 is 2.52 bits per heavy atom. The SMILES string of the molecule is COC(=O)[C@@H](N)CCP(=O)(O)C(O)c1cc(OC)c(O)c([N+](=O)[O-])c1. The summed E-state index contributed by atoms with van der Waals surface area (Å²) in [6.45, 7) is 0. The zero-order chi connectivity index (χ0) is 19.4. The van der Waals surface area contributed by atoms with Crippen LogP contribution in [0.15, 0.2) is 12.1 Å². The maximum atomic E-state index is 12.3. The van der Waals surface area contributed by atoms with Crippen LogP contribution in [0.4, 0.5) is 5.69 Å². The number of hydrogen-bond acceptors (Lipinski definition) is 9. The number of nitro benzene ring substituents is 1. The van der Waals surface area contributed by atoms with Gasteiger partial charge < -0.3 is 30.3 Å². The summed E-state index contributed by atoms with van der Waals surface area (Å²) in [6, 6.07) is 0.628. The van der Waals surface area contributed by atoms with Crippen LogP contribution in [0.1, 0.15) is 17.8 Å². The molecule has 3 atom stereocenters. The number of nitro groups is 1. The molecule has 0 saturated heterocycles. The molecule has 0 amide bonds. The number of aromatic hydroxyl groups is 1. The van der Waals surface area contributed by atoms with Crippen LogP contribution in [0.3, 0.4) is 0 Å². The van der Waals surface area contributed by atoms with E-state index in [-0.39, 0.29) is 17.7 Å². The molecule has 5 N–H and O–H groups in total. The van der Waals surface area contributed by atoms with Gasteiger partial charge in [-0.05, 0) is 12.5 Å². The molecule has 0 aromatic heterocycles. The van der Waals surface area contributed by atoms with E-state index in [2.05, 4.69) is 4.74 Å². The fourth-order valence-corrected chi connectivity index (χ4v) is 3.51. The van der Waals surface area contributed by atoms with Gasteiger partial charge in [0, 0.05) is 17.8 Å². The maximum absolute atomic E-state index is 12.3. The molecule has 0 saturated carbocycles. The Hall–Kier alpha value is -2.20. The quantitative estimate of drug-likeness (QED) is 0.214. The topological polar surface area (TPSA) is 182 Å². The molecular formula is C13H19N2O9P. The number of phenols is 1. The van der Waals surface area contributed by atoms with Gasteiger partial charge in [0.05, 0.1) is 19.1 Å². The number of hydrogen-bond donors (Lipinski definition) is 4. The van der Waals surface area contributed by atoms with Gasteiger partial charge in [0.25, 0.3) is 0 Å². The highest BCUT2D eigenvalue weighted by Gasteiger charge is 2.34. The van der Waals surface area contributed by atoms with Gasteiger partial charge in [0.2, 0.25) is 13.1 Å². The van der Waals surface area contributed by atoms with Crippen molar-refractivity contribution in [3.63, 3.8) is 0 Å². The molecule has 0 heterocycles. The fraction of sp³-hybridized carbons (Fsp3) is 0.462. The van der Waals surface area contributed by atoms with E-state index >= 15 is 0 Å². The molecule has 0 aliphatic heterocycles. The van der Waals surface area contributed by atoms with E-state index < -0.39 is 47.7 Å². The first-order chi connectivity index (χ1) is 11.5. The minimum atomic E-state index is -4.30. The maximum Gasteiger partial charge on any atom is 0.322 e. The van der Waals surface area contributed by atoms with Crippen molar-refractivity contribution in [3.05, 3.63) is 27.8 Å². The average Bonchev–Trinajstić information content (AvgIpc) is 2.58. The molecular weight excluding hydrogens is 359 g/mol. The van der Waals surface area contributed by atoms with Gasteiger partial charge in [-0.25, -0.2) is 0 Å². The van der Waals surface area contributed by atoms with Crippen LogP contribution < -0.4 is 10.5 Å².